The molecule has 0 spiro atoms. The number of amides is 2. The largest absolute Gasteiger partial charge is 0.478 e. The average molecular weight is 445 g/mol. The van der Waals surface area contributed by atoms with E-state index in [0.717, 1.165) is 18.4 Å². The Morgan fingerprint density at radius 3 is 2.64 bits per heavy atom. The van der Waals surface area contributed by atoms with Gasteiger partial charge in [0.05, 0.1) is 23.5 Å². The summed E-state index contributed by atoms with van der Waals surface area (Å²) in [5, 5.41) is 15.2. The number of nitrogens with two attached hydrogens (primary N) is 1. The number of nitrogens with one attached hydrogen (secondary N) is 2. The van der Waals surface area contributed by atoms with Crippen LogP contribution in [0.25, 0.3) is 11.3 Å². The number of anilines is 1. The molecule has 0 bridgehead atoms. The van der Waals surface area contributed by atoms with Crippen LogP contribution in [0.4, 0.5) is 5.82 Å². The van der Waals surface area contributed by atoms with Gasteiger partial charge in [-0.2, -0.15) is 0 Å². The number of aryl methyl sites for hydroxylation is 1. The highest BCUT2D eigenvalue weighted by Crippen LogP contribution is 2.32. The molecule has 0 radical (unpaired) electrons. The molecular formula is C24H23N5O4. The molecule has 2 aromatic carbocycles. The summed E-state index contributed by atoms with van der Waals surface area (Å²) in [6.45, 7) is 1.62. The first-order chi connectivity index (χ1) is 15.8. The highest BCUT2D eigenvalue weighted by Gasteiger charge is 2.25. The fourth-order valence-corrected chi connectivity index (χ4v) is 4.10. The Bertz CT molecular complexity index is 1290. The third-order valence-corrected chi connectivity index (χ3v) is 5.86. The maximum absolute atomic E-state index is 13.1. The molecule has 0 fully saturated rings. The molecule has 3 aromatic rings. The van der Waals surface area contributed by atoms with Gasteiger partial charge in [-0.15, -0.1) is 0 Å². The number of carbonyl (C=O) groups is 3. The Labute approximate surface area is 190 Å². The van der Waals surface area contributed by atoms with E-state index in [1.165, 1.54) is 24.9 Å². The van der Waals surface area contributed by atoms with Crippen molar-refractivity contribution in [2.24, 2.45) is 0 Å². The van der Waals surface area contributed by atoms with Crippen LogP contribution in [-0.4, -0.2) is 39.9 Å². The van der Waals surface area contributed by atoms with E-state index in [1.807, 2.05) is 24.3 Å². The number of carboxylic acid groups (broad SMARTS) is 1. The standard InChI is InChI=1S/C24H23N5O4/c1-12-16(19-11-27-21(25)20(28-19)23(31)26-2)9-14(10-17(12)24(32)33)22(30)29-18-8-7-13-5-3-4-6-15(13)18/h3-6,9-11,18H,7-8H2,1-2H3,(H2,25,27)(H,26,31)(H,29,30)(H,32,33)/t18-/m0/s1. The number of aromatic carboxylic acids is 1. The summed E-state index contributed by atoms with van der Waals surface area (Å²) in [6, 6.07) is 10.7. The van der Waals surface area contributed by atoms with E-state index in [4.69, 9.17) is 5.73 Å². The van der Waals surface area contributed by atoms with Gasteiger partial charge >= 0.3 is 5.97 Å². The van der Waals surface area contributed by atoms with Crippen molar-refractivity contribution in [3.63, 3.8) is 0 Å². The Morgan fingerprint density at radius 1 is 1.15 bits per heavy atom. The van der Waals surface area contributed by atoms with E-state index < -0.39 is 17.8 Å². The molecule has 1 aromatic heterocycles. The number of rotatable bonds is 5. The zero-order valence-corrected chi connectivity index (χ0v) is 18.2. The van der Waals surface area contributed by atoms with Crippen LogP contribution in [-0.2, 0) is 6.42 Å². The van der Waals surface area contributed by atoms with Crippen molar-refractivity contribution in [1.29, 1.82) is 0 Å². The second-order valence-corrected chi connectivity index (χ2v) is 7.83. The third kappa shape index (κ3) is 4.12. The lowest BCUT2D eigenvalue weighted by Crippen LogP contribution is -2.27. The smallest absolute Gasteiger partial charge is 0.335 e. The van der Waals surface area contributed by atoms with Gasteiger partial charge in [0.1, 0.15) is 0 Å². The second-order valence-electron chi connectivity index (χ2n) is 7.83. The molecule has 0 unspecified atom stereocenters. The van der Waals surface area contributed by atoms with E-state index in [1.54, 1.807) is 13.0 Å². The minimum absolute atomic E-state index is 0.0374. The van der Waals surface area contributed by atoms with Gasteiger partial charge in [-0.05, 0) is 48.6 Å². The lowest BCUT2D eigenvalue weighted by atomic mass is 9.96. The number of nitrogens with zero attached hydrogens (tertiary/aromatic N) is 2. The van der Waals surface area contributed by atoms with Crippen LogP contribution in [0.15, 0.2) is 42.6 Å². The lowest BCUT2D eigenvalue weighted by Gasteiger charge is -2.16. The van der Waals surface area contributed by atoms with Crippen LogP contribution in [0.1, 0.15) is 60.4 Å². The molecule has 4 rings (SSSR count). The number of carbonyl (C=O) groups excluding carboxylic acids is 2. The van der Waals surface area contributed by atoms with Gasteiger partial charge < -0.3 is 21.5 Å². The van der Waals surface area contributed by atoms with Crippen molar-refractivity contribution in [2.45, 2.75) is 25.8 Å². The predicted octanol–water partition coefficient (Wildman–Crippen LogP) is 2.51. The second kappa shape index (κ2) is 8.70. The van der Waals surface area contributed by atoms with Crippen LogP contribution in [0, 0.1) is 6.92 Å². The summed E-state index contributed by atoms with van der Waals surface area (Å²) in [5.41, 5.74) is 9.11. The van der Waals surface area contributed by atoms with Crippen molar-refractivity contribution in [3.8, 4) is 11.3 Å². The number of aromatic nitrogens is 2. The summed E-state index contributed by atoms with van der Waals surface area (Å²) < 4.78 is 0. The zero-order valence-electron chi connectivity index (χ0n) is 18.2. The average Bonchev–Trinajstić information content (AvgIpc) is 3.21. The fourth-order valence-electron chi connectivity index (χ4n) is 4.10. The monoisotopic (exact) mass is 445 g/mol. The van der Waals surface area contributed by atoms with Crippen LogP contribution in [0.5, 0.6) is 0 Å². The predicted molar refractivity (Wildman–Crippen MR) is 122 cm³/mol. The molecule has 0 saturated heterocycles. The third-order valence-electron chi connectivity index (χ3n) is 5.86. The first-order valence-electron chi connectivity index (χ1n) is 10.4. The number of fused-ring (bicyclic) bond motifs is 1. The summed E-state index contributed by atoms with van der Waals surface area (Å²) >= 11 is 0. The van der Waals surface area contributed by atoms with Gasteiger partial charge in [-0.1, -0.05) is 24.3 Å². The van der Waals surface area contributed by atoms with Gasteiger partial charge in [-0.25, -0.2) is 14.8 Å². The topological polar surface area (TPSA) is 147 Å². The van der Waals surface area contributed by atoms with Gasteiger partial charge in [-0.3, -0.25) is 9.59 Å². The number of nitrogen functional groups attached to an aromatic ring is 1. The molecule has 1 aliphatic rings. The van der Waals surface area contributed by atoms with Gasteiger partial charge in [0.2, 0.25) is 0 Å². The maximum Gasteiger partial charge on any atom is 0.335 e. The van der Waals surface area contributed by atoms with Crippen molar-refractivity contribution < 1.29 is 19.5 Å². The highest BCUT2D eigenvalue weighted by atomic mass is 16.4. The van der Waals surface area contributed by atoms with Gasteiger partial charge in [0.15, 0.2) is 11.5 Å². The number of benzene rings is 2. The van der Waals surface area contributed by atoms with E-state index in [0.29, 0.717) is 11.1 Å². The lowest BCUT2D eigenvalue weighted by molar-refractivity contribution is 0.0696. The number of hydrogen-bond donors (Lipinski definition) is 4. The molecule has 33 heavy (non-hydrogen) atoms. The van der Waals surface area contributed by atoms with E-state index in [2.05, 4.69) is 20.6 Å². The Balaban J connectivity index is 1.75. The molecule has 2 amide bonds. The van der Waals surface area contributed by atoms with Crippen LogP contribution in [0.3, 0.4) is 0 Å². The van der Waals surface area contributed by atoms with Crippen LogP contribution < -0.4 is 16.4 Å². The van der Waals surface area contributed by atoms with Crippen LogP contribution in [0.2, 0.25) is 0 Å². The maximum atomic E-state index is 13.1. The van der Waals surface area contributed by atoms with Crippen molar-refractivity contribution in [1.82, 2.24) is 20.6 Å². The SMILES string of the molecule is CNC(=O)c1nc(-c2cc(C(=O)N[C@H]3CCc4ccccc43)cc(C(=O)O)c2C)cnc1N. The molecular weight excluding hydrogens is 422 g/mol. The Kier molecular flexibility index (Phi) is 5.78. The summed E-state index contributed by atoms with van der Waals surface area (Å²) in [6.07, 6.45) is 2.99. The molecule has 0 saturated carbocycles. The quantitative estimate of drug-likeness (QED) is 0.472. The molecule has 1 atom stereocenters. The van der Waals surface area contributed by atoms with E-state index in [-0.39, 0.29) is 34.4 Å². The Hall–Kier alpha value is -4.27. The fraction of sp³-hybridized carbons (Fsp3) is 0.208. The van der Waals surface area contributed by atoms with Crippen LogP contribution >= 0.6 is 0 Å². The molecule has 1 aliphatic carbocycles. The minimum atomic E-state index is -1.18. The van der Waals surface area contributed by atoms with Crippen molar-refractivity contribution >= 4 is 23.6 Å². The first-order valence-corrected chi connectivity index (χ1v) is 10.4. The minimum Gasteiger partial charge on any atom is -0.478 e. The highest BCUT2D eigenvalue weighted by molar-refractivity contribution is 6.01. The number of carboxylic acids is 1. The molecule has 9 heteroatoms. The zero-order chi connectivity index (χ0) is 23.7. The van der Waals surface area contributed by atoms with Gasteiger partial charge in [0.25, 0.3) is 11.8 Å². The summed E-state index contributed by atoms with van der Waals surface area (Å²) in [7, 11) is 1.44. The summed E-state index contributed by atoms with van der Waals surface area (Å²) in [4.78, 5) is 45.5. The Morgan fingerprint density at radius 2 is 1.91 bits per heavy atom. The molecule has 9 nitrogen and oxygen atoms in total. The van der Waals surface area contributed by atoms with Gasteiger partial charge in [0, 0.05) is 18.2 Å². The first kappa shape index (κ1) is 21.9. The van der Waals surface area contributed by atoms with Crippen molar-refractivity contribution in [2.75, 3.05) is 12.8 Å². The van der Waals surface area contributed by atoms with Crippen molar-refractivity contribution in [3.05, 3.63) is 76.1 Å². The molecule has 0 aliphatic heterocycles. The molecule has 1 heterocycles. The molecule has 168 valence electrons. The normalized spacial score (nSPS) is 14.4. The van der Waals surface area contributed by atoms with E-state index >= 15 is 0 Å². The molecule has 5 N–H and O–H groups in total. The summed E-state index contributed by atoms with van der Waals surface area (Å²) in [5.74, 6) is -2.14. The number of hydrogen-bond acceptors (Lipinski definition) is 6. The van der Waals surface area contributed by atoms with E-state index in [9.17, 15) is 19.5 Å².